The van der Waals surface area contributed by atoms with Crippen molar-refractivity contribution in [2.75, 3.05) is 5.75 Å². The van der Waals surface area contributed by atoms with E-state index in [9.17, 15) is 14.0 Å². The van der Waals surface area contributed by atoms with E-state index in [1.54, 1.807) is 18.2 Å². The molecule has 0 radical (unpaired) electrons. The Hall–Kier alpha value is -3.46. The van der Waals surface area contributed by atoms with Gasteiger partial charge < -0.3 is 0 Å². The number of hydrogen-bond acceptors (Lipinski definition) is 5. The molecule has 4 rings (SSSR count). The topological polar surface area (TPSA) is 88.4 Å². The van der Waals surface area contributed by atoms with E-state index in [0.717, 1.165) is 45.3 Å². The minimum absolute atomic E-state index is 0.00707. The highest BCUT2D eigenvalue weighted by molar-refractivity contribution is 8.00. The average Bonchev–Trinajstić information content (AvgIpc) is 3.16. The molecule has 2 amide bonds. The maximum absolute atomic E-state index is 13.6. The van der Waals surface area contributed by atoms with Crippen LogP contribution in [0.1, 0.15) is 23.4 Å². The second-order valence-corrected chi connectivity index (χ2v) is 8.35. The van der Waals surface area contributed by atoms with Crippen LogP contribution in [-0.2, 0) is 16.0 Å². The minimum Gasteiger partial charge on any atom is -0.273 e. The van der Waals surface area contributed by atoms with Gasteiger partial charge in [0.15, 0.2) is 5.65 Å². The van der Waals surface area contributed by atoms with Crippen molar-refractivity contribution in [2.24, 2.45) is 0 Å². The molecule has 4 aromatic rings. The van der Waals surface area contributed by atoms with Gasteiger partial charge in [-0.05, 0) is 50.1 Å². The third-order valence-electron chi connectivity index (χ3n) is 5.16. The van der Waals surface area contributed by atoms with Crippen LogP contribution in [0.5, 0.6) is 0 Å². The van der Waals surface area contributed by atoms with E-state index in [1.165, 1.54) is 6.07 Å². The lowest BCUT2D eigenvalue weighted by Crippen LogP contribution is -2.42. The van der Waals surface area contributed by atoms with Gasteiger partial charge >= 0.3 is 0 Å². The molecule has 2 aromatic heterocycles. The number of hydrogen-bond donors (Lipinski definition) is 2. The Kier molecular flexibility index (Phi) is 6.36. The van der Waals surface area contributed by atoms with E-state index in [-0.39, 0.29) is 23.9 Å². The molecule has 0 aliphatic carbocycles. The Bertz CT molecular complexity index is 1320. The minimum atomic E-state index is -0.412. The van der Waals surface area contributed by atoms with E-state index in [0.29, 0.717) is 11.3 Å². The molecular weight excluding hydrogens is 429 g/mol. The van der Waals surface area contributed by atoms with Crippen molar-refractivity contribution >= 4 is 40.1 Å². The SMILES string of the molecule is Cc1nc2c3ccccc3nn2c(C)c1CCC(=O)NNC(=O)CSc1ccccc1F. The molecule has 0 aliphatic heterocycles. The molecule has 7 nitrogen and oxygen atoms in total. The van der Waals surface area contributed by atoms with Crippen LogP contribution in [0.4, 0.5) is 4.39 Å². The quantitative estimate of drug-likeness (QED) is 0.346. The summed E-state index contributed by atoms with van der Waals surface area (Å²) in [5, 5.41) is 5.61. The molecule has 0 atom stereocenters. The highest BCUT2D eigenvalue weighted by atomic mass is 32.2. The third-order valence-corrected chi connectivity index (χ3v) is 6.21. The first-order valence-corrected chi connectivity index (χ1v) is 11.1. The van der Waals surface area contributed by atoms with Crippen LogP contribution in [0, 0.1) is 19.7 Å². The molecule has 0 saturated carbocycles. The first-order chi connectivity index (χ1) is 15.4. The number of nitrogens with zero attached hydrogens (tertiary/aromatic N) is 3. The van der Waals surface area contributed by atoms with Crippen molar-refractivity contribution in [3.05, 3.63) is 71.3 Å². The lowest BCUT2D eigenvalue weighted by atomic mass is 10.1. The smallest absolute Gasteiger partial charge is 0.248 e. The number of amides is 2. The molecule has 0 fully saturated rings. The largest absolute Gasteiger partial charge is 0.273 e. The summed E-state index contributed by atoms with van der Waals surface area (Å²) in [5.74, 6) is -1.12. The van der Waals surface area contributed by atoms with Gasteiger partial charge in [-0.25, -0.2) is 13.9 Å². The van der Waals surface area contributed by atoms with Gasteiger partial charge in [0.2, 0.25) is 11.8 Å². The zero-order valence-corrected chi connectivity index (χ0v) is 18.5. The van der Waals surface area contributed by atoms with Gasteiger partial charge in [-0.3, -0.25) is 20.4 Å². The number of aryl methyl sites for hydroxylation is 2. The highest BCUT2D eigenvalue weighted by Crippen LogP contribution is 2.23. The fraction of sp³-hybridized carbons (Fsp3) is 0.217. The normalized spacial score (nSPS) is 11.1. The molecular formula is C23H22FN5O2S. The van der Waals surface area contributed by atoms with Gasteiger partial charge in [0.05, 0.1) is 11.3 Å². The number of fused-ring (bicyclic) bond motifs is 3. The summed E-state index contributed by atoms with van der Waals surface area (Å²) in [6.45, 7) is 3.88. The molecule has 2 heterocycles. The summed E-state index contributed by atoms with van der Waals surface area (Å²) in [7, 11) is 0. The van der Waals surface area contributed by atoms with Gasteiger partial charge in [0.1, 0.15) is 5.82 Å². The van der Waals surface area contributed by atoms with Crippen LogP contribution in [0.25, 0.3) is 16.6 Å². The van der Waals surface area contributed by atoms with Crippen LogP contribution >= 0.6 is 11.8 Å². The van der Waals surface area contributed by atoms with Crippen LogP contribution in [0.15, 0.2) is 53.4 Å². The number of hydrazine groups is 1. The Balaban J connectivity index is 1.34. The van der Waals surface area contributed by atoms with E-state index in [2.05, 4.69) is 16.0 Å². The lowest BCUT2D eigenvalue weighted by Gasteiger charge is -2.12. The van der Waals surface area contributed by atoms with Crippen molar-refractivity contribution in [3.8, 4) is 0 Å². The molecule has 164 valence electrons. The van der Waals surface area contributed by atoms with Gasteiger partial charge in [0.25, 0.3) is 0 Å². The number of halogens is 1. The number of nitrogens with one attached hydrogen (secondary N) is 2. The van der Waals surface area contributed by atoms with E-state index in [4.69, 9.17) is 4.98 Å². The molecule has 2 N–H and O–H groups in total. The molecule has 2 aromatic carbocycles. The maximum Gasteiger partial charge on any atom is 0.248 e. The second-order valence-electron chi connectivity index (χ2n) is 7.33. The second kappa shape index (κ2) is 9.35. The summed E-state index contributed by atoms with van der Waals surface area (Å²) >= 11 is 1.07. The first kappa shape index (κ1) is 21.8. The van der Waals surface area contributed by atoms with Crippen LogP contribution in [0.3, 0.4) is 0 Å². The summed E-state index contributed by atoms with van der Waals surface area (Å²) in [6.07, 6.45) is 0.638. The maximum atomic E-state index is 13.6. The van der Waals surface area contributed by atoms with Crippen molar-refractivity contribution < 1.29 is 14.0 Å². The van der Waals surface area contributed by atoms with Crippen molar-refractivity contribution in [1.29, 1.82) is 0 Å². The zero-order valence-electron chi connectivity index (χ0n) is 17.7. The van der Waals surface area contributed by atoms with Crippen molar-refractivity contribution in [2.45, 2.75) is 31.6 Å². The van der Waals surface area contributed by atoms with Crippen LogP contribution in [0.2, 0.25) is 0 Å². The predicted molar refractivity (Wildman–Crippen MR) is 122 cm³/mol. The number of aromatic nitrogens is 3. The van der Waals surface area contributed by atoms with E-state index < -0.39 is 5.91 Å². The third kappa shape index (κ3) is 4.57. The van der Waals surface area contributed by atoms with Crippen LogP contribution in [-0.4, -0.2) is 32.2 Å². The highest BCUT2D eigenvalue weighted by Gasteiger charge is 2.15. The van der Waals surface area contributed by atoms with Crippen molar-refractivity contribution in [1.82, 2.24) is 25.4 Å². The number of benzene rings is 2. The van der Waals surface area contributed by atoms with Gasteiger partial charge in [-0.2, -0.15) is 5.10 Å². The molecule has 0 aliphatic rings. The van der Waals surface area contributed by atoms with Crippen LogP contribution < -0.4 is 10.9 Å². The molecule has 32 heavy (non-hydrogen) atoms. The van der Waals surface area contributed by atoms with E-state index >= 15 is 0 Å². The summed E-state index contributed by atoms with van der Waals surface area (Å²) in [5.41, 5.74) is 9.17. The molecule has 0 bridgehead atoms. The predicted octanol–water partition coefficient (Wildman–Crippen LogP) is 3.51. The molecule has 0 unspecified atom stereocenters. The fourth-order valence-corrected chi connectivity index (χ4v) is 4.26. The van der Waals surface area contributed by atoms with Gasteiger partial charge in [0, 0.05) is 28.1 Å². The van der Waals surface area contributed by atoms with E-state index in [1.807, 2.05) is 42.6 Å². The monoisotopic (exact) mass is 451 g/mol. The Morgan fingerprint density at radius 3 is 2.56 bits per heavy atom. The number of rotatable bonds is 6. The molecule has 9 heteroatoms. The van der Waals surface area contributed by atoms with Crippen molar-refractivity contribution in [3.63, 3.8) is 0 Å². The molecule has 0 spiro atoms. The fourth-order valence-electron chi connectivity index (χ4n) is 3.52. The zero-order chi connectivity index (χ0) is 22.7. The van der Waals surface area contributed by atoms with Gasteiger partial charge in [-0.1, -0.05) is 24.3 Å². The van der Waals surface area contributed by atoms with Gasteiger partial charge in [-0.15, -0.1) is 11.8 Å². The Labute approximate surface area is 188 Å². The number of carbonyl (C=O) groups excluding carboxylic acids is 2. The Morgan fingerprint density at radius 2 is 1.75 bits per heavy atom. The molecule has 0 saturated heterocycles. The summed E-state index contributed by atoms with van der Waals surface area (Å²) in [4.78, 5) is 29.3. The first-order valence-electron chi connectivity index (χ1n) is 10.1. The summed E-state index contributed by atoms with van der Waals surface area (Å²) in [6, 6.07) is 14.1. The number of carbonyl (C=O) groups is 2. The number of thioether (sulfide) groups is 1. The summed E-state index contributed by atoms with van der Waals surface area (Å²) < 4.78 is 15.4. The standard InChI is InChI=1S/C23H22FN5O2S/c1-14-16(15(2)29-23(25-14)17-7-3-5-9-19(17)28-29)11-12-21(30)26-27-22(31)13-32-20-10-6-4-8-18(20)24/h3-10H,11-13H2,1-2H3,(H,26,30)(H,27,31). The Morgan fingerprint density at radius 1 is 1.03 bits per heavy atom. The average molecular weight is 452 g/mol. The lowest BCUT2D eigenvalue weighted by molar-refractivity contribution is -0.127.